The molecule has 24 heavy (non-hydrogen) atoms. The highest BCUT2D eigenvalue weighted by Gasteiger charge is 2.10. The van der Waals surface area contributed by atoms with Crippen LogP contribution in [0.3, 0.4) is 0 Å². The van der Waals surface area contributed by atoms with Crippen molar-refractivity contribution in [2.45, 2.75) is 25.7 Å². The molecule has 0 radical (unpaired) electrons. The van der Waals surface area contributed by atoms with E-state index in [1.807, 2.05) is 0 Å². The molecule has 0 amide bonds. The van der Waals surface area contributed by atoms with Crippen molar-refractivity contribution in [1.82, 2.24) is 15.5 Å². The number of rotatable bonds is 6. The van der Waals surface area contributed by atoms with Crippen molar-refractivity contribution in [3.63, 3.8) is 0 Å². The van der Waals surface area contributed by atoms with Crippen molar-refractivity contribution < 1.29 is 4.39 Å². The molecule has 0 aliphatic carbocycles. The first kappa shape index (κ1) is 21.4. The van der Waals surface area contributed by atoms with Crippen LogP contribution in [-0.2, 0) is 6.42 Å². The van der Waals surface area contributed by atoms with Crippen molar-refractivity contribution in [3.8, 4) is 0 Å². The third kappa shape index (κ3) is 7.11. The number of guanidine groups is 1. The minimum Gasteiger partial charge on any atom is -0.356 e. The molecule has 0 unspecified atom stereocenters. The Kier molecular flexibility index (Phi) is 10.6. The summed E-state index contributed by atoms with van der Waals surface area (Å²) in [5.41, 5.74) is 0.547. The average molecular weight is 469 g/mol. The zero-order chi connectivity index (χ0) is 16.5. The second kappa shape index (κ2) is 11.9. The van der Waals surface area contributed by atoms with Crippen LogP contribution >= 0.6 is 35.6 Å². The Morgan fingerprint density at radius 2 is 1.92 bits per heavy atom. The first-order chi connectivity index (χ1) is 11.2. The Labute approximate surface area is 166 Å². The Morgan fingerprint density at radius 1 is 1.21 bits per heavy atom. The molecule has 1 aliphatic heterocycles. The predicted molar refractivity (Wildman–Crippen MR) is 110 cm³/mol. The van der Waals surface area contributed by atoms with Crippen LogP contribution in [0.5, 0.6) is 0 Å². The molecule has 2 rings (SSSR count). The lowest BCUT2D eigenvalue weighted by atomic mass is 10.1. The van der Waals surface area contributed by atoms with Gasteiger partial charge in [0.2, 0.25) is 0 Å². The number of halogens is 3. The van der Waals surface area contributed by atoms with Gasteiger partial charge in [-0.25, -0.2) is 4.39 Å². The van der Waals surface area contributed by atoms with Gasteiger partial charge in [-0.2, -0.15) is 0 Å². The van der Waals surface area contributed by atoms with Gasteiger partial charge in [0.15, 0.2) is 5.96 Å². The van der Waals surface area contributed by atoms with Gasteiger partial charge in [-0.15, -0.1) is 24.0 Å². The van der Waals surface area contributed by atoms with E-state index in [-0.39, 0.29) is 29.8 Å². The molecule has 136 valence electrons. The fourth-order valence-electron chi connectivity index (χ4n) is 2.81. The number of hydrogen-bond acceptors (Lipinski definition) is 2. The van der Waals surface area contributed by atoms with Crippen LogP contribution < -0.4 is 10.6 Å². The molecule has 1 heterocycles. The number of piperidine rings is 1. The van der Waals surface area contributed by atoms with Gasteiger partial charge in [0, 0.05) is 37.3 Å². The largest absolute Gasteiger partial charge is 0.356 e. The zero-order valence-electron chi connectivity index (χ0n) is 14.2. The van der Waals surface area contributed by atoms with Crippen molar-refractivity contribution in [2.75, 3.05) is 39.8 Å². The van der Waals surface area contributed by atoms with Gasteiger partial charge >= 0.3 is 0 Å². The Bertz CT molecular complexity index is 501. The van der Waals surface area contributed by atoms with Crippen LogP contribution in [0.2, 0.25) is 5.02 Å². The summed E-state index contributed by atoms with van der Waals surface area (Å²) in [5, 5.41) is 6.98. The molecule has 2 N–H and O–H groups in total. The number of hydrogen-bond donors (Lipinski definition) is 2. The van der Waals surface area contributed by atoms with Crippen molar-refractivity contribution in [1.29, 1.82) is 0 Å². The molecular formula is C17H27ClFIN4. The van der Waals surface area contributed by atoms with Crippen LogP contribution in [-0.4, -0.2) is 50.6 Å². The lowest BCUT2D eigenvalue weighted by Crippen LogP contribution is -2.43. The van der Waals surface area contributed by atoms with Gasteiger partial charge in [0.05, 0.1) is 0 Å². The smallest absolute Gasteiger partial charge is 0.191 e. The molecule has 1 aliphatic rings. The molecule has 4 nitrogen and oxygen atoms in total. The summed E-state index contributed by atoms with van der Waals surface area (Å²) >= 11 is 6.03. The van der Waals surface area contributed by atoms with E-state index < -0.39 is 0 Å². The molecule has 0 saturated carbocycles. The highest BCUT2D eigenvalue weighted by atomic mass is 127. The number of nitrogens with zero attached hydrogens (tertiary/aromatic N) is 2. The summed E-state index contributed by atoms with van der Waals surface area (Å²) in [6.07, 6.45) is 4.48. The van der Waals surface area contributed by atoms with E-state index in [0.717, 1.165) is 19.0 Å². The first-order valence-corrected chi connectivity index (χ1v) is 8.68. The third-order valence-corrected chi connectivity index (χ3v) is 4.48. The second-order valence-corrected chi connectivity index (χ2v) is 6.19. The van der Waals surface area contributed by atoms with Crippen LogP contribution in [0.1, 0.15) is 24.8 Å². The average Bonchev–Trinajstić information content (AvgIpc) is 2.57. The Morgan fingerprint density at radius 3 is 2.58 bits per heavy atom. The molecule has 0 atom stereocenters. The molecule has 1 saturated heterocycles. The topological polar surface area (TPSA) is 39.7 Å². The minimum absolute atomic E-state index is 0. The first-order valence-electron chi connectivity index (χ1n) is 8.30. The van der Waals surface area contributed by atoms with Crippen molar-refractivity contribution in [2.24, 2.45) is 4.99 Å². The van der Waals surface area contributed by atoms with Gasteiger partial charge in [-0.05, 0) is 44.5 Å². The van der Waals surface area contributed by atoms with E-state index in [9.17, 15) is 4.39 Å². The Balaban J connectivity index is 0.00000288. The standard InChI is InChI=1S/C17H26ClFN4.HI/c1-20-17(22-10-13-23-11-3-2-4-12-23)21-9-8-14-15(18)6-5-7-16(14)19;/h5-7H,2-4,8-13H2,1H3,(H2,20,21,22);1H. The summed E-state index contributed by atoms with van der Waals surface area (Å²) in [5.74, 6) is 0.488. The van der Waals surface area contributed by atoms with E-state index >= 15 is 0 Å². The fraction of sp³-hybridized carbons (Fsp3) is 0.588. The molecule has 1 aromatic rings. The molecule has 0 spiro atoms. The van der Waals surface area contributed by atoms with Crippen LogP contribution in [0.4, 0.5) is 4.39 Å². The molecule has 7 heteroatoms. The van der Waals surface area contributed by atoms with Gasteiger partial charge in [-0.3, -0.25) is 4.99 Å². The van der Waals surface area contributed by atoms with Gasteiger partial charge in [0.1, 0.15) is 5.82 Å². The summed E-state index contributed by atoms with van der Waals surface area (Å²) in [6.45, 7) is 4.86. The van der Waals surface area contributed by atoms with Crippen LogP contribution in [0.25, 0.3) is 0 Å². The second-order valence-electron chi connectivity index (χ2n) is 5.78. The van der Waals surface area contributed by atoms with Crippen LogP contribution in [0, 0.1) is 5.82 Å². The van der Waals surface area contributed by atoms with E-state index in [1.54, 1.807) is 19.2 Å². The lowest BCUT2D eigenvalue weighted by Gasteiger charge is -2.26. The van der Waals surface area contributed by atoms with Gasteiger partial charge in [-0.1, -0.05) is 24.1 Å². The number of nitrogens with one attached hydrogen (secondary N) is 2. The molecular weight excluding hydrogens is 442 g/mol. The van der Waals surface area contributed by atoms with E-state index in [0.29, 0.717) is 23.6 Å². The number of aliphatic imine (C=N–C) groups is 1. The number of likely N-dealkylation sites (tertiary alicyclic amines) is 1. The summed E-state index contributed by atoms with van der Waals surface area (Å²) in [4.78, 5) is 6.67. The summed E-state index contributed by atoms with van der Waals surface area (Å²) in [6, 6.07) is 4.77. The maximum absolute atomic E-state index is 13.7. The quantitative estimate of drug-likeness (QED) is 0.382. The zero-order valence-corrected chi connectivity index (χ0v) is 17.2. The molecule has 1 fully saturated rings. The van der Waals surface area contributed by atoms with E-state index in [4.69, 9.17) is 11.6 Å². The molecule has 0 bridgehead atoms. The Hall–Kier alpha value is -0.600. The summed E-state index contributed by atoms with van der Waals surface area (Å²) in [7, 11) is 1.74. The van der Waals surface area contributed by atoms with E-state index in [1.165, 1.54) is 38.4 Å². The van der Waals surface area contributed by atoms with Gasteiger partial charge in [0.25, 0.3) is 0 Å². The predicted octanol–water partition coefficient (Wildman–Crippen LogP) is 3.29. The SMILES string of the molecule is CN=C(NCCc1c(F)cccc1Cl)NCCN1CCCCC1.I. The summed E-state index contributed by atoms with van der Waals surface area (Å²) < 4.78 is 13.7. The lowest BCUT2D eigenvalue weighted by molar-refractivity contribution is 0.232. The highest BCUT2D eigenvalue weighted by Crippen LogP contribution is 2.18. The van der Waals surface area contributed by atoms with Gasteiger partial charge < -0.3 is 15.5 Å². The molecule has 0 aromatic heterocycles. The fourth-order valence-corrected chi connectivity index (χ4v) is 3.07. The maximum atomic E-state index is 13.7. The minimum atomic E-state index is -0.257. The monoisotopic (exact) mass is 468 g/mol. The number of benzene rings is 1. The van der Waals surface area contributed by atoms with Crippen molar-refractivity contribution >= 4 is 41.5 Å². The van der Waals surface area contributed by atoms with Crippen molar-refractivity contribution in [3.05, 3.63) is 34.6 Å². The van der Waals surface area contributed by atoms with Crippen LogP contribution in [0.15, 0.2) is 23.2 Å². The molecule has 1 aromatic carbocycles. The highest BCUT2D eigenvalue weighted by molar-refractivity contribution is 14.0. The maximum Gasteiger partial charge on any atom is 0.191 e. The third-order valence-electron chi connectivity index (χ3n) is 4.12. The normalized spacial score (nSPS) is 15.7. The van der Waals surface area contributed by atoms with E-state index in [2.05, 4.69) is 20.5 Å².